The number of hydrogen-bond acceptors (Lipinski definition) is 4. The number of aryl methyl sites for hydroxylation is 2. The fourth-order valence-electron chi connectivity index (χ4n) is 3.82. The minimum atomic E-state index is 0.212. The number of nitrogens with zero attached hydrogens (tertiary/aromatic N) is 6. The molecule has 1 aliphatic heterocycles. The van der Waals surface area contributed by atoms with E-state index in [2.05, 4.69) is 19.6 Å². The maximum atomic E-state index is 12.5. The predicted octanol–water partition coefficient (Wildman–Crippen LogP) is 2.63. The van der Waals surface area contributed by atoms with Crippen molar-refractivity contribution in [2.45, 2.75) is 45.2 Å². The van der Waals surface area contributed by atoms with Crippen molar-refractivity contribution >= 4 is 5.91 Å². The summed E-state index contributed by atoms with van der Waals surface area (Å²) < 4.78 is 4.03. The van der Waals surface area contributed by atoms with Crippen LogP contribution in [0.25, 0.3) is 0 Å². The molecule has 0 saturated carbocycles. The molecule has 0 spiro atoms. The number of pyridine rings is 1. The van der Waals surface area contributed by atoms with E-state index in [-0.39, 0.29) is 5.91 Å². The quantitative estimate of drug-likeness (QED) is 0.661. The van der Waals surface area contributed by atoms with Crippen LogP contribution < -0.4 is 0 Å². The van der Waals surface area contributed by atoms with E-state index in [1.165, 1.54) is 0 Å². The van der Waals surface area contributed by atoms with Gasteiger partial charge in [0.25, 0.3) is 0 Å². The Hall–Kier alpha value is -2.96. The Balaban J connectivity index is 1.31. The SMILES string of the molecule is Cc1ccn(CCC(=O)N2CCC(c3nccn3Cc3ccccn3)CC2)n1. The largest absolute Gasteiger partial charge is 0.343 e. The third kappa shape index (κ3) is 4.30. The molecule has 1 saturated heterocycles. The lowest BCUT2D eigenvalue weighted by atomic mass is 9.95. The van der Waals surface area contributed by atoms with Crippen LogP contribution in [0.5, 0.6) is 0 Å². The first-order chi connectivity index (χ1) is 13.7. The first kappa shape index (κ1) is 18.4. The van der Waals surface area contributed by atoms with Crippen LogP contribution in [0.1, 0.15) is 42.4 Å². The smallest absolute Gasteiger partial charge is 0.224 e. The number of rotatable bonds is 6. The summed E-state index contributed by atoms with van der Waals surface area (Å²) in [6.45, 7) is 4.91. The number of amides is 1. The molecule has 7 nitrogen and oxygen atoms in total. The Morgan fingerprint density at radius 1 is 1.11 bits per heavy atom. The Labute approximate surface area is 165 Å². The number of piperidine rings is 1. The number of carbonyl (C=O) groups is 1. The molecule has 1 aliphatic rings. The van der Waals surface area contributed by atoms with Gasteiger partial charge >= 0.3 is 0 Å². The van der Waals surface area contributed by atoms with Gasteiger partial charge in [0.15, 0.2) is 0 Å². The van der Waals surface area contributed by atoms with Crippen LogP contribution in [0.2, 0.25) is 0 Å². The van der Waals surface area contributed by atoms with Gasteiger partial charge in [-0.15, -0.1) is 0 Å². The summed E-state index contributed by atoms with van der Waals surface area (Å²) >= 11 is 0. The average Bonchev–Trinajstić information content (AvgIpc) is 3.36. The van der Waals surface area contributed by atoms with Crippen molar-refractivity contribution in [3.8, 4) is 0 Å². The van der Waals surface area contributed by atoms with Gasteiger partial charge in [0.05, 0.1) is 17.9 Å². The van der Waals surface area contributed by atoms with E-state index in [9.17, 15) is 4.79 Å². The summed E-state index contributed by atoms with van der Waals surface area (Å²) in [5.41, 5.74) is 2.01. The number of imidazole rings is 1. The Bertz CT molecular complexity index is 908. The zero-order chi connectivity index (χ0) is 19.3. The second-order valence-corrected chi connectivity index (χ2v) is 7.36. The lowest BCUT2D eigenvalue weighted by Crippen LogP contribution is -2.38. The van der Waals surface area contributed by atoms with E-state index >= 15 is 0 Å². The number of hydrogen-bond donors (Lipinski definition) is 0. The Kier molecular flexibility index (Phi) is 5.50. The normalized spacial score (nSPS) is 15.1. The first-order valence-electron chi connectivity index (χ1n) is 9.88. The predicted molar refractivity (Wildman–Crippen MR) is 106 cm³/mol. The molecule has 3 aromatic rings. The fourth-order valence-corrected chi connectivity index (χ4v) is 3.82. The molecule has 28 heavy (non-hydrogen) atoms. The molecule has 0 unspecified atom stereocenters. The Morgan fingerprint density at radius 2 is 1.96 bits per heavy atom. The summed E-state index contributed by atoms with van der Waals surface area (Å²) in [5, 5.41) is 4.35. The van der Waals surface area contributed by atoms with Crippen molar-refractivity contribution in [1.82, 2.24) is 29.2 Å². The zero-order valence-corrected chi connectivity index (χ0v) is 16.2. The minimum Gasteiger partial charge on any atom is -0.343 e. The zero-order valence-electron chi connectivity index (χ0n) is 16.2. The molecule has 0 aliphatic carbocycles. The highest BCUT2D eigenvalue weighted by Gasteiger charge is 2.26. The summed E-state index contributed by atoms with van der Waals surface area (Å²) in [6, 6.07) is 7.93. The van der Waals surface area contributed by atoms with E-state index in [1.54, 1.807) is 0 Å². The number of likely N-dealkylation sites (tertiary alicyclic amines) is 1. The van der Waals surface area contributed by atoms with Crippen molar-refractivity contribution in [1.29, 1.82) is 0 Å². The second kappa shape index (κ2) is 8.37. The highest BCUT2D eigenvalue weighted by molar-refractivity contribution is 5.76. The lowest BCUT2D eigenvalue weighted by Gasteiger charge is -2.32. The van der Waals surface area contributed by atoms with Gasteiger partial charge in [-0.2, -0.15) is 5.10 Å². The number of aromatic nitrogens is 5. The summed E-state index contributed by atoms with van der Waals surface area (Å²) in [4.78, 5) is 23.5. The van der Waals surface area contributed by atoms with Crippen molar-refractivity contribution in [2.75, 3.05) is 13.1 Å². The molecule has 1 amide bonds. The third-order valence-electron chi connectivity index (χ3n) is 5.35. The molecule has 3 aromatic heterocycles. The topological polar surface area (TPSA) is 68.8 Å². The molecule has 0 N–H and O–H groups in total. The molecule has 7 heteroatoms. The molecule has 4 heterocycles. The maximum Gasteiger partial charge on any atom is 0.224 e. The highest BCUT2D eigenvalue weighted by Crippen LogP contribution is 2.27. The number of carbonyl (C=O) groups excluding carboxylic acids is 1. The van der Waals surface area contributed by atoms with Crippen molar-refractivity contribution in [2.24, 2.45) is 0 Å². The van der Waals surface area contributed by atoms with Gasteiger partial charge in [-0.1, -0.05) is 6.07 Å². The third-order valence-corrected chi connectivity index (χ3v) is 5.35. The van der Waals surface area contributed by atoms with Crippen molar-refractivity contribution in [3.63, 3.8) is 0 Å². The standard InChI is InChI=1S/C21H26N6O/c1-17-5-13-27(24-17)14-8-20(28)25-11-6-18(7-12-25)21-23-10-15-26(21)16-19-4-2-3-9-22-19/h2-5,9-10,13,15,18H,6-8,11-12,14,16H2,1H3. The van der Waals surface area contributed by atoms with Crippen LogP contribution in [0.3, 0.4) is 0 Å². The lowest BCUT2D eigenvalue weighted by molar-refractivity contribution is -0.132. The fraction of sp³-hybridized carbons (Fsp3) is 0.429. The molecule has 0 radical (unpaired) electrons. The summed E-state index contributed by atoms with van der Waals surface area (Å²) in [6.07, 6.45) is 10.0. The summed E-state index contributed by atoms with van der Waals surface area (Å²) in [7, 11) is 0. The monoisotopic (exact) mass is 378 g/mol. The van der Waals surface area contributed by atoms with E-state index in [4.69, 9.17) is 0 Å². The van der Waals surface area contributed by atoms with Crippen LogP contribution >= 0.6 is 0 Å². The molecule has 146 valence electrons. The molecule has 0 atom stereocenters. The Morgan fingerprint density at radius 3 is 2.68 bits per heavy atom. The molecular weight excluding hydrogens is 352 g/mol. The van der Waals surface area contributed by atoms with Crippen LogP contribution in [-0.4, -0.2) is 48.2 Å². The van der Waals surface area contributed by atoms with Crippen LogP contribution in [0.15, 0.2) is 49.1 Å². The van der Waals surface area contributed by atoms with Crippen molar-refractivity contribution in [3.05, 3.63) is 66.3 Å². The minimum absolute atomic E-state index is 0.212. The van der Waals surface area contributed by atoms with E-state index in [0.717, 1.165) is 49.7 Å². The molecule has 4 rings (SSSR count). The van der Waals surface area contributed by atoms with Gasteiger partial charge in [0.1, 0.15) is 5.82 Å². The van der Waals surface area contributed by atoms with Crippen LogP contribution in [0, 0.1) is 6.92 Å². The van der Waals surface area contributed by atoms with Crippen molar-refractivity contribution < 1.29 is 4.79 Å². The van der Waals surface area contributed by atoms with Gasteiger partial charge in [0.2, 0.25) is 5.91 Å². The molecular formula is C21H26N6O. The molecule has 1 fully saturated rings. The summed E-state index contributed by atoms with van der Waals surface area (Å²) in [5.74, 6) is 1.70. The van der Waals surface area contributed by atoms with Crippen LogP contribution in [0.4, 0.5) is 0 Å². The maximum absolute atomic E-state index is 12.5. The van der Waals surface area contributed by atoms with E-state index < -0.39 is 0 Å². The van der Waals surface area contributed by atoms with E-state index in [1.807, 2.05) is 65.6 Å². The van der Waals surface area contributed by atoms with Gasteiger partial charge in [0, 0.05) is 56.8 Å². The second-order valence-electron chi connectivity index (χ2n) is 7.36. The highest BCUT2D eigenvalue weighted by atomic mass is 16.2. The first-order valence-corrected chi connectivity index (χ1v) is 9.88. The average molecular weight is 378 g/mol. The van der Waals surface area contributed by atoms with Gasteiger partial charge in [-0.3, -0.25) is 14.5 Å². The van der Waals surface area contributed by atoms with Gasteiger partial charge < -0.3 is 9.47 Å². The van der Waals surface area contributed by atoms with Gasteiger partial charge in [-0.25, -0.2) is 4.98 Å². The van der Waals surface area contributed by atoms with Gasteiger partial charge in [-0.05, 0) is 38.0 Å². The molecule has 0 aromatic carbocycles. The van der Waals surface area contributed by atoms with E-state index in [0.29, 0.717) is 18.9 Å². The molecule has 0 bridgehead atoms. The van der Waals surface area contributed by atoms with Crippen LogP contribution in [-0.2, 0) is 17.9 Å².